The van der Waals surface area contributed by atoms with E-state index in [0.29, 0.717) is 17.5 Å². The molecule has 0 fully saturated rings. The quantitative estimate of drug-likeness (QED) is 0.182. The van der Waals surface area contributed by atoms with Crippen LogP contribution in [0.25, 0.3) is 22.5 Å². The zero-order valence-electron chi connectivity index (χ0n) is 19.0. The molecular formula is C25H20ClF3N4OS2. The molecular weight excluding hydrogens is 529 g/mol. The lowest BCUT2D eigenvalue weighted by Gasteiger charge is -2.12. The van der Waals surface area contributed by atoms with Crippen LogP contribution in [0.15, 0.2) is 71.7 Å². The molecule has 2 aromatic heterocycles. The van der Waals surface area contributed by atoms with Crippen LogP contribution in [0.4, 0.5) is 18.9 Å². The van der Waals surface area contributed by atoms with E-state index >= 15 is 0 Å². The maximum Gasteiger partial charge on any atom is 0.416 e. The zero-order chi connectivity index (χ0) is 25.9. The van der Waals surface area contributed by atoms with E-state index in [2.05, 4.69) is 22.1 Å². The average molecular weight is 549 g/mol. The van der Waals surface area contributed by atoms with Gasteiger partial charge in [0.15, 0.2) is 11.0 Å². The summed E-state index contributed by atoms with van der Waals surface area (Å²) in [4.78, 5) is 13.7. The van der Waals surface area contributed by atoms with Gasteiger partial charge in [-0.1, -0.05) is 59.8 Å². The highest BCUT2D eigenvalue weighted by Crippen LogP contribution is 2.39. The van der Waals surface area contributed by atoms with Crippen LogP contribution < -0.4 is 5.32 Å². The van der Waals surface area contributed by atoms with Crippen LogP contribution in [0, 0.1) is 6.92 Å². The van der Waals surface area contributed by atoms with Crippen molar-refractivity contribution >= 4 is 46.3 Å². The van der Waals surface area contributed by atoms with E-state index < -0.39 is 17.6 Å². The molecule has 0 radical (unpaired) electrons. The molecule has 1 amide bonds. The van der Waals surface area contributed by atoms with Gasteiger partial charge in [0, 0.05) is 27.9 Å². The summed E-state index contributed by atoms with van der Waals surface area (Å²) in [6.07, 6.45) is -2.84. The molecule has 0 atom stereocenters. The molecule has 0 saturated heterocycles. The normalized spacial score (nSPS) is 11.5. The van der Waals surface area contributed by atoms with Crippen molar-refractivity contribution in [2.24, 2.45) is 0 Å². The van der Waals surface area contributed by atoms with Crippen molar-refractivity contribution in [3.05, 3.63) is 82.0 Å². The number of rotatable bonds is 8. The third-order valence-corrected chi connectivity index (χ3v) is 7.41. The van der Waals surface area contributed by atoms with Crippen molar-refractivity contribution in [3.8, 4) is 22.5 Å². The molecule has 2 aromatic carbocycles. The minimum Gasteiger partial charge on any atom is -0.324 e. The molecule has 4 rings (SSSR count). The number of anilines is 1. The maximum absolute atomic E-state index is 13.0. The number of allylic oxidation sites excluding steroid dienone is 1. The molecule has 0 unspecified atom stereocenters. The van der Waals surface area contributed by atoms with Gasteiger partial charge in [-0.3, -0.25) is 9.36 Å². The number of carbonyl (C=O) groups excluding carboxylic acids is 1. The summed E-state index contributed by atoms with van der Waals surface area (Å²) < 4.78 is 40.9. The van der Waals surface area contributed by atoms with E-state index in [-0.39, 0.29) is 16.5 Å². The van der Waals surface area contributed by atoms with Gasteiger partial charge in [-0.15, -0.1) is 28.1 Å². The Hall–Kier alpha value is -3.08. The van der Waals surface area contributed by atoms with Crippen molar-refractivity contribution in [3.63, 3.8) is 0 Å². The first-order valence-corrected chi connectivity index (χ1v) is 12.9. The molecule has 4 aromatic rings. The highest BCUT2D eigenvalue weighted by atomic mass is 35.5. The second kappa shape index (κ2) is 10.9. The van der Waals surface area contributed by atoms with Gasteiger partial charge in [0.05, 0.1) is 22.0 Å². The lowest BCUT2D eigenvalue weighted by atomic mass is 10.0. The third-order valence-electron chi connectivity index (χ3n) is 5.21. The first kappa shape index (κ1) is 26.0. The molecule has 11 heteroatoms. The van der Waals surface area contributed by atoms with Gasteiger partial charge < -0.3 is 5.32 Å². The molecule has 5 nitrogen and oxygen atoms in total. The monoisotopic (exact) mass is 548 g/mol. The molecule has 0 spiro atoms. The van der Waals surface area contributed by atoms with E-state index in [9.17, 15) is 18.0 Å². The van der Waals surface area contributed by atoms with E-state index in [1.165, 1.54) is 0 Å². The van der Waals surface area contributed by atoms with Crippen molar-refractivity contribution in [1.29, 1.82) is 0 Å². The van der Waals surface area contributed by atoms with E-state index in [1.54, 1.807) is 17.4 Å². The lowest BCUT2D eigenvalue weighted by Crippen LogP contribution is -2.16. The van der Waals surface area contributed by atoms with Gasteiger partial charge in [0.2, 0.25) is 5.91 Å². The van der Waals surface area contributed by atoms with Crippen molar-refractivity contribution in [2.45, 2.75) is 24.8 Å². The number of aromatic nitrogens is 3. The summed E-state index contributed by atoms with van der Waals surface area (Å²) in [7, 11) is 0. The summed E-state index contributed by atoms with van der Waals surface area (Å²) in [5, 5.41) is 13.6. The van der Waals surface area contributed by atoms with Crippen molar-refractivity contribution in [1.82, 2.24) is 14.8 Å². The minimum absolute atomic E-state index is 0.0136. The fraction of sp³-hybridized carbons (Fsp3) is 0.160. The smallest absolute Gasteiger partial charge is 0.324 e. The summed E-state index contributed by atoms with van der Waals surface area (Å²) in [6.45, 7) is 6.27. The Labute approximate surface area is 219 Å². The molecule has 0 saturated carbocycles. The molecule has 1 N–H and O–H groups in total. The van der Waals surface area contributed by atoms with Crippen molar-refractivity contribution in [2.75, 3.05) is 11.1 Å². The molecule has 0 aliphatic carbocycles. The molecule has 0 aliphatic heterocycles. The molecule has 2 heterocycles. The summed E-state index contributed by atoms with van der Waals surface area (Å²) in [6, 6.07) is 12.7. The Kier molecular flexibility index (Phi) is 7.87. The number of nitrogens with one attached hydrogen (secondary N) is 1. The Bertz CT molecular complexity index is 1400. The Morgan fingerprint density at radius 3 is 2.67 bits per heavy atom. The third kappa shape index (κ3) is 5.66. The fourth-order valence-electron chi connectivity index (χ4n) is 3.59. The number of thioether (sulfide) groups is 1. The van der Waals surface area contributed by atoms with Gasteiger partial charge in [-0.2, -0.15) is 13.2 Å². The average Bonchev–Trinajstić information content (AvgIpc) is 3.42. The predicted octanol–water partition coefficient (Wildman–Crippen LogP) is 7.57. The van der Waals surface area contributed by atoms with Crippen molar-refractivity contribution < 1.29 is 18.0 Å². The van der Waals surface area contributed by atoms with E-state index in [4.69, 9.17) is 11.6 Å². The van der Waals surface area contributed by atoms with Gasteiger partial charge in [0.25, 0.3) is 0 Å². The number of nitrogens with zero attached hydrogens (tertiary/aromatic N) is 3. The number of hydrogen-bond donors (Lipinski definition) is 1. The van der Waals surface area contributed by atoms with Crippen LogP contribution in [0.5, 0.6) is 0 Å². The Morgan fingerprint density at radius 1 is 1.22 bits per heavy atom. The van der Waals surface area contributed by atoms with Crippen LogP contribution in [-0.2, 0) is 17.5 Å². The second-order valence-electron chi connectivity index (χ2n) is 7.68. The molecule has 0 bridgehead atoms. The number of benzene rings is 2. The minimum atomic E-state index is -4.55. The van der Waals surface area contributed by atoms with Crippen LogP contribution in [0.1, 0.15) is 10.4 Å². The van der Waals surface area contributed by atoms with Crippen LogP contribution in [0.3, 0.4) is 0 Å². The van der Waals surface area contributed by atoms with Crippen LogP contribution >= 0.6 is 34.7 Å². The van der Waals surface area contributed by atoms with Gasteiger partial charge in [-0.05, 0) is 30.7 Å². The number of halogens is 4. The fourth-order valence-corrected chi connectivity index (χ4v) is 5.36. The molecule has 0 aliphatic rings. The largest absolute Gasteiger partial charge is 0.416 e. The second-order valence-corrected chi connectivity index (χ2v) is 10.1. The summed E-state index contributed by atoms with van der Waals surface area (Å²) in [5.74, 6) is 0.0185. The highest BCUT2D eigenvalue weighted by molar-refractivity contribution is 7.99. The number of thiophene rings is 1. The number of amides is 1. The van der Waals surface area contributed by atoms with Crippen LogP contribution in [0.2, 0.25) is 5.02 Å². The number of aryl methyl sites for hydroxylation is 1. The predicted molar refractivity (Wildman–Crippen MR) is 140 cm³/mol. The highest BCUT2D eigenvalue weighted by Gasteiger charge is 2.31. The molecule has 186 valence electrons. The maximum atomic E-state index is 13.0. The first-order valence-electron chi connectivity index (χ1n) is 10.7. The Morgan fingerprint density at radius 2 is 1.97 bits per heavy atom. The molecule has 36 heavy (non-hydrogen) atoms. The number of hydrogen-bond acceptors (Lipinski definition) is 5. The van der Waals surface area contributed by atoms with Crippen LogP contribution in [-0.4, -0.2) is 26.4 Å². The SMILES string of the molecule is C=CCn1c(SCC(=O)Nc2cc(C(F)(F)F)ccc2Cl)nnc1-c1csc(C)c1-c1ccccc1. The summed E-state index contributed by atoms with van der Waals surface area (Å²) in [5.41, 5.74) is 2.04. The Balaban J connectivity index is 1.56. The number of carbonyl (C=O) groups is 1. The standard InChI is InChI=1S/C25H20ClF3N4OS2/c1-3-11-33-23(18-13-35-15(2)22(18)16-7-5-4-6-8-16)31-32-24(33)36-14-21(34)30-20-12-17(25(27,28)29)9-10-19(20)26/h3-10,12-13H,1,11,14H2,2H3,(H,30,34). The first-order chi connectivity index (χ1) is 17.2. The lowest BCUT2D eigenvalue weighted by molar-refractivity contribution is -0.137. The topological polar surface area (TPSA) is 59.8 Å². The zero-order valence-corrected chi connectivity index (χ0v) is 21.4. The van der Waals surface area contributed by atoms with Gasteiger partial charge in [-0.25, -0.2) is 0 Å². The summed E-state index contributed by atoms with van der Waals surface area (Å²) >= 11 is 8.72. The van der Waals surface area contributed by atoms with Gasteiger partial charge >= 0.3 is 6.18 Å². The van der Waals surface area contributed by atoms with E-state index in [0.717, 1.165) is 51.5 Å². The van der Waals surface area contributed by atoms with E-state index in [1.807, 2.05) is 47.2 Å². The van der Waals surface area contributed by atoms with Gasteiger partial charge in [0.1, 0.15) is 0 Å². The number of alkyl halides is 3.